The molecule has 3 aromatic carbocycles. The summed E-state index contributed by atoms with van der Waals surface area (Å²) in [5.41, 5.74) is 2.43. The molecule has 6 heteroatoms. The van der Waals surface area contributed by atoms with E-state index < -0.39 is 11.1 Å². The van der Waals surface area contributed by atoms with Gasteiger partial charge in [0.15, 0.2) is 0 Å². The highest BCUT2D eigenvalue weighted by Gasteiger charge is 2.18. The molecule has 0 saturated heterocycles. The van der Waals surface area contributed by atoms with Crippen LogP contribution in [0.25, 0.3) is 41.9 Å². The molecule has 0 amide bonds. The molecule has 3 heterocycles. The van der Waals surface area contributed by atoms with Crippen molar-refractivity contribution in [3.8, 4) is 30.9 Å². The quantitative estimate of drug-likeness (QED) is 0.268. The van der Waals surface area contributed by atoms with Gasteiger partial charge in [-0.3, -0.25) is 18.7 Å². The Morgan fingerprint density at radius 1 is 0.441 bits per heavy atom. The Hall–Kier alpha value is -4.00. The minimum Gasteiger partial charge on any atom is -0.263 e. The molecule has 4 nitrogen and oxygen atoms in total. The Balaban J connectivity index is 1.55. The van der Waals surface area contributed by atoms with Crippen molar-refractivity contribution in [2.75, 3.05) is 0 Å². The fourth-order valence-electron chi connectivity index (χ4n) is 4.10. The third-order valence-electron chi connectivity index (χ3n) is 5.69. The number of hydrogen-bond donors (Lipinski definition) is 0. The second kappa shape index (κ2) is 8.41. The molecule has 0 unspecified atom stereocenters. The summed E-state index contributed by atoms with van der Waals surface area (Å²) in [6.07, 6.45) is 0. The topological polar surface area (TPSA) is 44.0 Å². The van der Waals surface area contributed by atoms with Crippen molar-refractivity contribution in [2.45, 2.75) is 0 Å². The highest BCUT2D eigenvalue weighted by molar-refractivity contribution is 7.18. The highest BCUT2D eigenvalue weighted by atomic mass is 32.1. The van der Waals surface area contributed by atoms with Crippen molar-refractivity contribution in [3.63, 3.8) is 0 Å². The molecule has 6 aromatic rings. The maximum atomic E-state index is 13.4. The molecule has 0 saturated carbocycles. The number of fused-ring (bicyclic) bond motifs is 1. The number of para-hydroxylation sites is 2. The van der Waals surface area contributed by atoms with Gasteiger partial charge >= 0.3 is 11.1 Å². The van der Waals surface area contributed by atoms with Gasteiger partial charge in [0.2, 0.25) is 0 Å². The van der Waals surface area contributed by atoms with Crippen LogP contribution in [0.2, 0.25) is 0 Å². The van der Waals surface area contributed by atoms with Gasteiger partial charge in [0.1, 0.15) is 10.0 Å². The van der Waals surface area contributed by atoms with E-state index in [0.717, 1.165) is 30.9 Å². The first-order valence-corrected chi connectivity index (χ1v) is 12.4. The lowest BCUT2D eigenvalue weighted by Crippen LogP contribution is -2.39. The van der Waals surface area contributed by atoms with Crippen molar-refractivity contribution < 1.29 is 0 Å². The fourth-order valence-corrected chi connectivity index (χ4v) is 6.15. The summed E-state index contributed by atoms with van der Waals surface area (Å²) in [7, 11) is 0. The number of aromatic nitrogens is 2. The summed E-state index contributed by atoms with van der Waals surface area (Å²) in [5.74, 6) is 0. The van der Waals surface area contributed by atoms with Crippen LogP contribution >= 0.6 is 22.7 Å². The number of nitrogens with zero attached hydrogens (tertiary/aromatic N) is 2. The van der Waals surface area contributed by atoms with Crippen LogP contribution in [-0.4, -0.2) is 9.13 Å². The van der Waals surface area contributed by atoms with Crippen LogP contribution in [0.1, 0.15) is 0 Å². The normalized spacial score (nSPS) is 11.2. The Kier molecular flexibility index (Phi) is 5.09. The van der Waals surface area contributed by atoms with Gasteiger partial charge in [-0.2, -0.15) is 0 Å². The molecule has 0 aliphatic rings. The van der Waals surface area contributed by atoms with E-state index in [9.17, 15) is 9.59 Å². The zero-order chi connectivity index (χ0) is 23.1. The van der Waals surface area contributed by atoms with Gasteiger partial charge in [0.05, 0.1) is 11.0 Å². The maximum absolute atomic E-state index is 13.4. The molecule has 0 N–H and O–H groups in total. The monoisotopic (exact) mass is 478 g/mol. The molecule has 3 aromatic heterocycles. The van der Waals surface area contributed by atoms with Crippen molar-refractivity contribution in [2.24, 2.45) is 0 Å². The summed E-state index contributed by atoms with van der Waals surface area (Å²) in [4.78, 5) is 29.0. The molecular weight excluding hydrogens is 460 g/mol. The summed E-state index contributed by atoms with van der Waals surface area (Å²) >= 11 is 2.99. The number of rotatable bonds is 4. The Labute approximate surface area is 203 Å². The van der Waals surface area contributed by atoms with E-state index in [0.29, 0.717) is 11.0 Å². The van der Waals surface area contributed by atoms with Gasteiger partial charge < -0.3 is 0 Å². The first-order chi connectivity index (χ1) is 16.7. The first-order valence-electron chi connectivity index (χ1n) is 10.8. The zero-order valence-corrected chi connectivity index (χ0v) is 19.6. The SMILES string of the molecule is O=c1c(=O)n(-c2ccc(-c3ccccc3)s2)c2ccccc2n1-c1ccc(-c2ccccc2)s1. The van der Waals surface area contributed by atoms with Gasteiger partial charge in [-0.05, 0) is 47.5 Å². The van der Waals surface area contributed by atoms with E-state index in [1.54, 1.807) is 0 Å². The maximum Gasteiger partial charge on any atom is 0.322 e. The van der Waals surface area contributed by atoms with Crippen LogP contribution in [0, 0.1) is 0 Å². The van der Waals surface area contributed by atoms with Gasteiger partial charge in [0, 0.05) is 9.75 Å². The number of hydrogen-bond acceptors (Lipinski definition) is 4. The molecule has 164 valence electrons. The first kappa shape index (κ1) is 20.6. The molecule has 0 fully saturated rings. The second-order valence-electron chi connectivity index (χ2n) is 7.78. The number of thiophene rings is 2. The standard InChI is InChI=1S/C28H18N2O2S2/c31-27-28(32)30(26-18-16-24(34-26)20-11-5-2-6-12-20)22-14-8-7-13-21(22)29(27)25-17-15-23(33-25)19-9-3-1-4-10-19/h1-18H. The average Bonchev–Trinajstić information content (AvgIpc) is 3.57. The predicted octanol–water partition coefficient (Wildman–Crippen LogP) is 6.60. The van der Waals surface area contributed by atoms with Gasteiger partial charge in [0.25, 0.3) is 0 Å². The van der Waals surface area contributed by atoms with Crippen molar-refractivity contribution in [1.29, 1.82) is 0 Å². The van der Waals surface area contributed by atoms with E-state index >= 15 is 0 Å². The molecule has 0 aliphatic heterocycles. The largest absolute Gasteiger partial charge is 0.322 e. The van der Waals surface area contributed by atoms with Gasteiger partial charge in [-0.15, -0.1) is 22.7 Å². The minimum atomic E-state index is -0.560. The third kappa shape index (κ3) is 3.44. The molecular formula is C28H18N2O2S2. The molecule has 0 bridgehead atoms. The lowest BCUT2D eigenvalue weighted by atomic mass is 10.2. The van der Waals surface area contributed by atoms with Gasteiger partial charge in [-0.1, -0.05) is 72.8 Å². The summed E-state index contributed by atoms with van der Waals surface area (Å²) in [5, 5.41) is 1.45. The summed E-state index contributed by atoms with van der Waals surface area (Å²) in [6.45, 7) is 0. The van der Waals surface area contributed by atoms with Crippen molar-refractivity contribution in [3.05, 3.63) is 130 Å². The van der Waals surface area contributed by atoms with Crippen molar-refractivity contribution in [1.82, 2.24) is 9.13 Å². The Morgan fingerprint density at radius 3 is 1.24 bits per heavy atom. The Morgan fingerprint density at radius 2 is 0.824 bits per heavy atom. The highest BCUT2D eigenvalue weighted by Crippen LogP contribution is 2.33. The van der Waals surface area contributed by atoms with Crippen molar-refractivity contribution >= 4 is 33.7 Å². The van der Waals surface area contributed by atoms with Gasteiger partial charge in [-0.25, -0.2) is 0 Å². The van der Waals surface area contributed by atoms with E-state index in [1.165, 1.54) is 31.8 Å². The lowest BCUT2D eigenvalue weighted by Gasteiger charge is -2.12. The second-order valence-corrected chi connectivity index (χ2v) is 9.90. The molecule has 34 heavy (non-hydrogen) atoms. The smallest absolute Gasteiger partial charge is 0.263 e. The Bertz CT molecular complexity index is 1610. The van der Waals surface area contributed by atoms with E-state index in [1.807, 2.05) is 109 Å². The van der Waals surface area contributed by atoms with E-state index in [4.69, 9.17) is 0 Å². The van der Waals surface area contributed by atoms with E-state index in [2.05, 4.69) is 0 Å². The lowest BCUT2D eigenvalue weighted by molar-refractivity contribution is 0.937. The van der Waals surface area contributed by atoms with Crippen LogP contribution < -0.4 is 11.1 Å². The minimum absolute atomic E-state index is 0.560. The summed E-state index contributed by atoms with van der Waals surface area (Å²) < 4.78 is 3.08. The zero-order valence-electron chi connectivity index (χ0n) is 17.9. The van der Waals surface area contributed by atoms with Crippen LogP contribution in [0.3, 0.4) is 0 Å². The third-order valence-corrected chi connectivity index (χ3v) is 7.93. The van der Waals surface area contributed by atoms with Crippen LogP contribution in [-0.2, 0) is 0 Å². The summed E-state index contributed by atoms with van der Waals surface area (Å²) in [6, 6.07) is 35.4. The van der Waals surface area contributed by atoms with Crippen LogP contribution in [0.15, 0.2) is 119 Å². The molecule has 0 atom stereocenters. The molecule has 0 aliphatic carbocycles. The van der Waals surface area contributed by atoms with Crippen LogP contribution in [0.5, 0.6) is 0 Å². The molecule has 0 radical (unpaired) electrons. The van der Waals surface area contributed by atoms with E-state index in [-0.39, 0.29) is 0 Å². The number of benzene rings is 3. The average molecular weight is 479 g/mol. The molecule has 0 spiro atoms. The molecule has 6 rings (SSSR count). The van der Waals surface area contributed by atoms with Crippen LogP contribution in [0.4, 0.5) is 0 Å². The fraction of sp³-hybridized carbons (Fsp3) is 0. The predicted molar refractivity (Wildman–Crippen MR) is 142 cm³/mol.